The van der Waals surface area contributed by atoms with Crippen molar-refractivity contribution in [3.05, 3.63) is 58.7 Å². The summed E-state index contributed by atoms with van der Waals surface area (Å²) in [6.45, 7) is 4.66. The molecule has 0 aliphatic rings. The summed E-state index contributed by atoms with van der Waals surface area (Å²) in [6.07, 6.45) is 1.02. The normalized spacial score (nSPS) is 10.9. The van der Waals surface area contributed by atoms with Crippen LogP contribution in [0.1, 0.15) is 27.0 Å². The fourth-order valence-electron chi connectivity index (χ4n) is 2.53. The molecule has 0 atom stereocenters. The third kappa shape index (κ3) is 6.15. The van der Waals surface area contributed by atoms with Crippen molar-refractivity contribution < 1.29 is 27.5 Å². The molecule has 154 valence electrons. The van der Waals surface area contributed by atoms with Gasteiger partial charge in [0.1, 0.15) is 0 Å². The average Bonchev–Trinajstić information content (AvgIpc) is 2.61. The summed E-state index contributed by atoms with van der Waals surface area (Å²) in [5.74, 6) is -1.68. The maximum absolute atomic E-state index is 12.2. The monoisotopic (exact) mass is 418 g/mol. The van der Waals surface area contributed by atoms with Crippen LogP contribution < -0.4 is 10.6 Å². The van der Waals surface area contributed by atoms with E-state index in [9.17, 15) is 22.8 Å². The summed E-state index contributed by atoms with van der Waals surface area (Å²) < 4.78 is 28.2. The Morgan fingerprint density at radius 3 is 2.28 bits per heavy atom. The maximum Gasteiger partial charge on any atom is 0.338 e. The number of rotatable bonds is 5. The first-order chi connectivity index (χ1) is 13.5. The number of benzene rings is 2. The van der Waals surface area contributed by atoms with Gasteiger partial charge in [-0.15, -0.1) is 0 Å². The lowest BCUT2D eigenvalue weighted by molar-refractivity contribution is -0.123. The SMILES string of the molecule is Cc1ccc(NC(=O)NC(=O)COC(=O)c2cc(S(C)(=O)=O)ccc2C)c(C)c1. The summed E-state index contributed by atoms with van der Waals surface area (Å²) in [4.78, 5) is 36.0. The van der Waals surface area contributed by atoms with Crippen LogP contribution in [0.4, 0.5) is 10.5 Å². The Balaban J connectivity index is 1.95. The molecule has 8 nitrogen and oxygen atoms in total. The molecule has 0 aromatic heterocycles. The van der Waals surface area contributed by atoms with E-state index < -0.39 is 34.4 Å². The quantitative estimate of drug-likeness (QED) is 0.720. The molecule has 0 saturated carbocycles. The highest BCUT2D eigenvalue weighted by atomic mass is 32.2. The van der Waals surface area contributed by atoms with Crippen LogP contribution >= 0.6 is 0 Å². The Bertz CT molecular complexity index is 1080. The molecular weight excluding hydrogens is 396 g/mol. The number of imide groups is 1. The summed E-state index contributed by atoms with van der Waals surface area (Å²) in [5, 5.41) is 4.61. The largest absolute Gasteiger partial charge is 0.452 e. The highest BCUT2D eigenvalue weighted by Gasteiger charge is 2.17. The van der Waals surface area contributed by atoms with Crippen molar-refractivity contribution in [2.45, 2.75) is 25.7 Å². The fourth-order valence-corrected chi connectivity index (χ4v) is 3.18. The summed E-state index contributed by atoms with van der Waals surface area (Å²) in [6, 6.07) is 8.71. The molecule has 0 unspecified atom stereocenters. The predicted molar refractivity (Wildman–Crippen MR) is 108 cm³/mol. The number of carbonyl (C=O) groups is 3. The molecule has 2 rings (SSSR count). The molecule has 2 aromatic rings. The highest BCUT2D eigenvalue weighted by molar-refractivity contribution is 7.90. The van der Waals surface area contributed by atoms with Crippen LogP contribution in [0.15, 0.2) is 41.3 Å². The predicted octanol–water partition coefficient (Wildman–Crippen LogP) is 2.52. The van der Waals surface area contributed by atoms with E-state index in [1.807, 2.05) is 26.0 Å². The van der Waals surface area contributed by atoms with Crippen LogP contribution in [-0.4, -0.2) is 39.2 Å². The van der Waals surface area contributed by atoms with Gasteiger partial charge in [-0.2, -0.15) is 0 Å². The number of nitrogens with one attached hydrogen (secondary N) is 2. The van der Waals surface area contributed by atoms with Crippen molar-refractivity contribution >= 4 is 33.4 Å². The van der Waals surface area contributed by atoms with Crippen molar-refractivity contribution in [2.75, 3.05) is 18.2 Å². The van der Waals surface area contributed by atoms with Gasteiger partial charge < -0.3 is 10.1 Å². The Morgan fingerprint density at radius 1 is 0.966 bits per heavy atom. The lowest BCUT2D eigenvalue weighted by Gasteiger charge is -2.11. The van der Waals surface area contributed by atoms with Gasteiger partial charge in [-0.1, -0.05) is 23.8 Å². The summed E-state index contributed by atoms with van der Waals surface area (Å²) >= 11 is 0. The zero-order chi connectivity index (χ0) is 21.8. The van der Waals surface area contributed by atoms with Gasteiger partial charge >= 0.3 is 12.0 Å². The number of hydrogen-bond donors (Lipinski definition) is 2. The third-order valence-electron chi connectivity index (χ3n) is 4.07. The van der Waals surface area contributed by atoms with Gasteiger partial charge in [0.25, 0.3) is 5.91 Å². The minimum Gasteiger partial charge on any atom is -0.452 e. The smallest absolute Gasteiger partial charge is 0.338 e. The van der Waals surface area contributed by atoms with Crippen LogP contribution in [-0.2, 0) is 19.4 Å². The van der Waals surface area contributed by atoms with Gasteiger partial charge in [0.2, 0.25) is 0 Å². The van der Waals surface area contributed by atoms with Gasteiger partial charge in [-0.25, -0.2) is 18.0 Å². The van der Waals surface area contributed by atoms with Crippen LogP contribution in [0, 0.1) is 20.8 Å². The number of urea groups is 1. The first-order valence-electron chi connectivity index (χ1n) is 8.63. The molecule has 2 N–H and O–H groups in total. The van der Waals surface area contributed by atoms with E-state index in [0.717, 1.165) is 17.4 Å². The van der Waals surface area contributed by atoms with Gasteiger partial charge in [0, 0.05) is 11.9 Å². The standard InChI is InChI=1S/C20H22N2O6S/c1-12-5-8-17(14(3)9-12)21-20(25)22-18(23)11-28-19(24)16-10-15(29(4,26)27)7-6-13(16)2/h5-10H,11H2,1-4H3,(H2,21,22,23,25). The van der Waals surface area contributed by atoms with Gasteiger partial charge in [-0.05, 0) is 50.1 Å². The van der Waals surface area contributed by atoms with E-state index >= 15 is 0 Å². The first-order valence-corrected chi connectivity index (χ1v) is 10.5. The molecule has 0 saturated heterocycles. The molecule has 9 heteroatoms. The van der Waals surface area contributed by atoms with E-state index in [4.69, 9.17) is 4.74 Å². The molecular formula is C20H22N2O6S. The van der Waals surface area contributed by atoms with Crippen LogP contribution in [0.25, 0.3) is 0 Å². The fraction of sp³-hybridized carbons (Fsp3) is 0.250. The lowest BCUT2D eigenvalue weighted by atomic mass is 10.1. The molecule has 2 aromatic carbocycles. The van der Waals surface area contributed by atoms with Gasteiger partial charge in [-0.3, -0.25) is 10.1 Å². The van der Waals surface area contributed by atoms with Crippen molar-refractivity contribution in [3.8, 4) is 0 Å². The number of carbonyl (C=O) groups excluding carboxylic acids is 3. The van der Waals surface area contributed by atoms with E-state index in [0.29, 0.717) is 11.3 Å². The second-order valence-corrected chi connectivity index (χ2v) is 8.66. The van der Waals surface area contributed by atoms with Gasteiger partial charge in [0.05, 0.1) is 10.5 Å². The van der Waals surface area contributed by atoms with E-state index in [2.05, 4.69) is 10.6 Å². The Morgan fingerprint density at radius 2 is 1.66 bits per heavy atom. The third-order valence-corrected chi connectivity index (χ3v) is 5.18. The second kappa shape index (κ2) is 8.87. The molecule has 0 aliphatic heterocycles. The molecule has 29 heavy (non-hydrogen) atoms. The van der Waals surface area contributed by atoms with Crippen LogP contribution in [0.5, 0.6) is 0 Å². The molecule has 0 bridgehead atoms. The number of amides is 3. The van der Waals surface area contributed by atoms with Crippen molar-refractivity contribution in [1.82, 2.24) is 5.32 Å². The highest BCUT2D eigenvalue weighted by Crippen LogP contribution is 2.17. The molecule has 0 fully saturated rings. The Kier molecular flexibility index (Phi) is 6.76. The van der Waals surface area contributed by atoms with Crippen molar-refractivity contribution in [2.24, 2.45) is 0 Å². The summed E-state index contributed by atoms with van der Waals surface area (Å²) in [7, 11) is -3.50. The topological polar surface area (TPSA) is 119 Å². The summed E-state index contributed by atoms with van der Waals surface area (Å²) in [5.41, 5.74) is 2.94. The minimum absolute atomic E-state index is 0.0282. The molecule has 3 amide bonds. The molecule has 0 radical (unpaired) electrons. The van der Waals surface area contributed by atoms with Crippen LogP contribution in [0.2, 0.25) is 0 Å². The van der Waals surface area contributed by atoms with E-state index in [1.165, 1.54) is 18.2 Å². The van der Waals surface area contributed by atoms with Crippen LogP contribution in [0.3, 0.4) is 0 Å². The zero-order valence-electron chi connectivity index (χ0n) is 16.5. The van der Waals surface area contributed by atoms with E-state index in [-0.39, 0.29) is 10.5 Å². The maximum atomic E-state index is 12.2. The average molecular weight is 418 g/mol. The number of hydrogen-bond acceptors (Lipinski definition) is 6. The first kappa shape index (κ1) is 22.1. The zero-order valence-corrected chi connectivity index (χ0v) is 17.3. The molecule has 0 aliphatic carbocycles. The number of sulfone groups is 1. The Hall–Kier alpha value is -3.20. The second-order valence-electron chi connectivity index (χ2n) is 6.65. The molecule has 0 spiro atoms. The minimum atomic E-state index is -3.50. The van der Waals surface area contributed by atoms with E-state index in [1.54, 1.807) is 13.0 Å². The molecule has 0 heterocycles. The van der Waals surface area contributed by atoms with Crippen molar-refractivity contribution in [1.29, 1.82) is 0 Å². The number of ether oxygens (including phenoxy) is 1. The number of esters is 1. The number of aryl methyl sites for hydroxylation is 3. The lowest BCUT2D eigenvalue weighted by Crippen LogP contribution is -2.37. The Labute approximate surface area is 169 Å². The number of anilines is 1. The van der Waals surface area contributed by atoms with Gasteiger partial charge in [0.15, 0.2) is 16.4 Å². The van der Waals surface area contributed by atoms with Crippen molar-refractivity contribution in [3.63, 3.8) is 0 Å².